The normalized spacial score (nSPS) is 13.0. The van der Waals surface area contributed by atoms with E-state index in [1.165, 1.54) is 22.2 Å². The van der Waals surface area contributed by atoms with Crippen LogP contribution in [0.5, 0.6) is 0 Å². The number of fused-ring (bicyclic) bond motifs is 3. The standard InChI is InChI=1S/C17H22N4O3S2/c1-2-18-14(23)8-19-13(22)6-7-25-9-12-20-16(24)15-10-4-3-5-11(10)26-17(15)21-12/h2-9H2,1H3,(H,18,23)(H,19,22)(H,20,21,24). The molecule has 140 valence electrons. The van der Waals surface area contributed by atoms with E-state index in [9.17, 15) is 14.4 Å². The first-order valence-corrected chi connectivity index (χ1v) is 10.7. The van der Waals surface area contributed by atoms with E-state index < -0.39 is 0 Å². The Labute approximate surface area is 159 Å². The Balaban J connectivity index is 1.47. The molecule has 0 saturated heterocycles. The van der Waals surface area contributed by atoms with E-state index in [0.29, 0.717) is 30.3 Å². The maximum Gasteiger partial charge on any atom is 0.259 e. The maximum atomic E-state index is 12.4. The van der Waals surface area contributed by atoms with Crippen LogP contribution >= 0.6 is 23.1 Å². The predicted molar refractivity (Wildman–Crippen MR) is 105 cm³/mol. The summed E-state index contributed by atoms with van der Waals surface area (Å²) < 4.78 is 0. The molecule has 1 aliphatic carbocycles. The fourth-order valence-corrected chi connectivity index (χ4v) is 5.06. The van der Waals surface area contributed by atoms with Gasteiger partial charge in [0, 0.05) is 23.6 Å². The summed E-state index contributed by atoms with van der Waals surface area (Å²) in [5.74, 6) is 1.46. The first kappa shape index (κ1) is 18.9. The van der Waals surface area contributed by atoms with Crippen molar-refractivity contribution in [3.63, 3.8) is 0 Å². The zero-order valence-corrected chi connectivity index (χ0v) is 16.3. The maximum absolute atomic E-state index is 12.4. The van der Waals surface area contributed by atoms with Crippen LogP contribution in [0.4, 0.5) is 0 Å². The van der Waals surface area contributed by atoms with Gasteiger partial charge >= 0.3 is 0 Å². The van der Waals surface area contributed by atoms with E-state index in [1.54, 1.807) is 11.3 Å². The molecule has 0 bridgehead atoms. The second-order valence-electron chi connectivity index (χ2n) is 6.08. The van der Waals surface area contributed by atoms with Crippen LogP contribution in [-0.4, -0.2) is 40.6 Å². The lowest BCUT2D eigenvalue weighted by Crippen LogP contribution is -2.36. The highest BCUT2D eigenvalue weighted by Gasteiger charge is 2.21. The van der Waals surface area contributed by atoms with E-state index in [2.05, 4.69) is 20.6 Å². The Morgan fingerprint density at radius 2 is 2.12 bits per heavy atom. The lowest BCUT2D eigenvalue weighted by molar-refractivity contribution is -0.125. The molecule has 2 aromatic heterocycles. The first-order chi connectivity index (χ1) is 12.6. The van der Waals surface area contributed by atoms with Crippen LogP contribution in [0, 0.1) is 0 Å². The molecule has 0 spiro atoms. The number of rotatable bonds is 8. The Morgan fingerprint density at radius 3 is 2.92 bits per heavy atom. The van der Waals surface area contributed by atoms with Crippen LogP contribution in [0.15, 0.2) is 4.79 Å². The number of carbonyl (C=O) groups is 2. The van der Waals surface area contributed by atoms with E-state index in [4.69, 9.17) is 0 Å². The number of thioether (sulfide) groups is 1. The quantitative estimate of drug-likeness (QED) is 0.586. The molecule has 0 aromatic carbocycles. The lowest BCUT2D eigenvalue weighted by Gasteiger charge is -2.05. The second kappa shape index (κ2) is 8.68. The molecule has 2 aromatic rings. The fraction of sp³-hybridized carbons (Fsp3) is 0.529. The van der Waals surface area contributed by atoms with Crippen molar-refractivity contribution in [2.24, 2.45) is 0 Å². The van der Waals surface area contributed by atoms with Crippen LogP contribution in [0.2, 0.25) is 0 Å². The number of aryl methyl sites for hydroxylation is 2. The van der Waals surface area contributed by atoms with Crippen molar-refractivity contribution in [1.29, 1.82) is 0 Å². The van der Waals surface area contributed by atoms with Crippen molar-refractivity contribution in [1.82, 2.24) is 20.6 Å². The third-order valence-electron chi connectivity index (χ3n) is 4.16. The number of likely N-dealkylation sites (N-methyl/N-ethyl adjacent to an activating group) is 1. The van der Waals surface area contributed by atoms with Gasteiger partial charge in [-0.15, -0.1) is 11.3 Å². The molecule has 1 aliphatic rings. The second-order valence-corrected chi connectivity index (χ2v) is 8.27. The Hall–Kier alpha value is -1.87. The Bertz CT molecular complexity index is 875. The minimum Gasteiger partial charge on any atom is -0.355 e. The number of thiophene rings is 1. The van der Waals surface area contributed by atoms with Crippen LogP contribution in [0.3, 0.4) is 0 Å². The van der Waals surface area contributed by atoms with Crippen molar-refractivity contribution in [2.75, 3.05) is 18.8 Å². The van der Waals surface area contributed by atoms with Crippen LogP contribution in [0.25, 0.3) is 10.2 Å². The van der Waals surface area contributed by atoms with Crippen molar-refractivity contribution < 1.29 is 9.59 Å². The summed E-state index contributed by atoms with van der Waals surface area (Å²) in [5, 5.41) is 5.97. The molecule has 0 unspecified atom stereocenters. The van der Waals surface area contributed by atoms with Crippen LogP contribution < -0.4 is 16.2 Å². The molecule has 3 N–H and O–H groups in total. The number of hydrogen-bond donors (Lipinski definition) is 3. The van der Waals surface area contributed by atoms with Gasteiger partial charge in [0.25, 0.3) is 5.56 Å². The number of aromatic nitrogens is 2. The molecule has 0 radical (unpaired) electrons. The van der Waals surface area contributed by atoms with Gasteiger partial charge in [-0.25, -0.2) is 4.98 Å². The van der Waals surface area contributed by atoms with E-state index in [1.807, 2.05) is 6.92 Å². The largest absolute Gasteiger partial charge is 0.355 e. The SMILES string of the molecule is CCNC(=O)CNC(=O)CCSCc1nc2sc3c(c2c(=O)[nH]1)CCC3. The monoisotopic (exact) mass is 394 g/mol. The fourth-order valence-electron chi connectivity index (χ4n) is 2.98. The summed E-state index contributed by atoms with van der Waals surface area (Å²) in [7, 11) is 0. The summed E-state index contributed by atoms with van der Waals surface area (Å²) >= 11 is 3.17. The Morgan fingerprint density at radius 1 is 1.27 bits per heavy atom. The zero-order valence-electron chi connectivity index (χ0n) is 14.6. The van der Waals surface area contributed by atoms with Crippen molar-refractivity contribution >= 4 is 45.1 Å². The van der Waals surface area contributed by atoms with Crippen molar-refractivity contribution in [3.8, 4) is 0 Å². The van der Waals surface area contributed by atoms with Gasteiger partial charge in [0.15, 0.2) is 0 Å². The molecular weight excluding hydrogens is 372 g/mol. The number of amides is 2. The summed E-state index contributed by atoms with van der Waals surface area (Å²) in [6.45, 7) is 2.38. The Kier molecular flexibility index (Phi) is 6.31. The summed E-state index contributed by atoms with van der Waals surface area (Å²) in [4.78, 5) is 44.9. The van der Waals surface area contributed by atoms with Gasteiger partial charge in [-0.2, -0.15) is 11.8 Å². The zero-order chi connectivity index (χ0) is 18.5. The lowest BCUT2D eigenvalue weighted by atomic mass is 10.2. The summed E-state index contributed by atoms with van der Waals surface area (Å²) in [6.07, 6.45) is 3.46. The molecular formula is C17H22N4O3S2. The molecule has 9 heteroatoms. The third-order valence-corrected chi connectivity index (χ3v) is 6.31. The van der Waals surface area contributed by atoms with Gasteiger partial charge in [0.05, 0.1) is 17.7 Å². The van der Waals surface area contributed by atoms with Gasteiger partial charge in [-0.05, 0) is 31.7 Å². The molecule has 3 rings (SSSR count). The molecule has 26 heavy (non-hydrogen) atoms. The van der Waals surface area contributed by atoms with E-state index in [0.717, 1.165) is 29.5 Å². The summed E-state index contributed by atoms with van der Waals surface area (Å²) in [6, 6.07) is 0. The third kappa shape index (κ3) is 4.45. The highest BCUT2D eigenvalue weighted by atomic mass is 32.2. The smallest absolute Gasteiger partial charge is 0.259 e. The number of hydrogen-bond acceptors (Lipinski definition) is 6. The van der Waals surface area contributed by atoms with E-state index in [-0.39, 0.29) is 23.9 Å². The predicted octanol–water partition coefficient (Wildman–Crippen LogP) is 1.35. The molecule has 0 fully saturated rings. The van der Waals surface area contributed by atoms with Crippen LogP contribution in [-0.2, 0) is 28.2 Å². The minimum atomic E-state index is -0.188. The number of nitrogens with one attached hydrogen (secondary N) is 3. The number of nitrogens with zero attached hydrogens (tertiary/aromatic N) is 1. The topological polar surface area (TPSA) is 104 Å². The number of H-pyrrole nitrogens is 1. The van der Waals surface area contributed by atoms with Gasteiger partial charge in [0.2, 0.25) is 11.8 Å². The van der Waals surface area contributed by atoms with Crippen molar-refractivity contribution in [2.45, 2.75) is 38.4 Å². The molecule has 0 saturated carbocycles. The highest BCUT2D eigenvalue weighted by Crippen LogP contribution is 2.34. The average molecular weight is 395 g/mol. The van der Waals surface area contributed by atoms with Crippen molar-refractivity contribution in [3.05, 3.63) is 26.6 Å². The first-order valence-electron chi connectivity index (χ1n) is 8.73. The average Bonchev–Trinajstić information content (AvgIpc) is 3.17. The minimum absolute atomic E-state index is 0.00588. The van der Waals surface area contributed by atoms with Gasteiger partial charge < -0.3 is 15.6 Å². The molecule has 2 heterocycles. The molecule has 7 nitrogen and oxygen atoms in total. The van der Waals surface area contributed by atoms with E-state index >= 15 is 0 Å². The highest BCUT2D eigenvalue weighted by molar-refractivity contribution is 7.98. The van der Waals surface area contributed by atoms with Gasteiger partial charge in [0.1, 0.15) is 10.7 Å². The van der Waals surface area contributed by atoms with Gasteiger partial charge in [-0.1, -0.05) is 0 Å². The molecule has 0 atom stereocenters. The number of aromatic amines is 1. The van der Waals surface area contributed by atoms with Gasteiger partial charge in [-0.3, -0.25) is 14.4 Å². The molecule has 2 amide bonds. The number of carbonyl (C=O) groups excluding carboxylic acids is 2. The molecule has 0 aliphatic heterocycles. The van der Waals surface area contributed by atoms with Crippen LogP contribution in [0.1, 0.15) is 36.0 Å². The summed E-state index contributed by atoms with van der Waals surface area (Å²) in [5.41, 5.74) is 1.13.